The van der Waals surface area contributed by atoms with E-state index in [9.17, 15) is 0 Å². The molecule has 1 unspecified atom stereocenters. The normalized spacial score (nSPS) is 17.5. The molecule has 0 aromatic heterocycles. The van der Waals surface area contributed by atoms with Gasteiger partial charge in [0.05, 0.1) is 0 Å². The van der Waals surface area contributed by atoms with Crippen LogP contribution in [-0.2, 0) is 0 Å². The van der Waals surface area contributed by atoms with Crippen LogP contribution in [0, 0.1) is 19.8 Å². The minimum absolute atomic E-state index is 0.436. The van der Waals surface area contributed by atoms with E-state index in [0.717, 1.165) is 12.5 Å². The first-order chi connectivity index (χ1) is 9.10. The van der Waals surface area contributed by atoms with Crippen LogP contribution in [-0.4, -0.2) is 32.1 Å². The van der Waals surface area contributed by atoms with Gasteiger partial charge in [-0.1, -0.05) is 30.2 Å². The molecule has 1 aromatic carbocycles. The smallest absolute Gasteiger partial charge is 0.0449 e. The number of rotatable bonds is 6. The molecular formula is C17H28N2. The van der Waals surface area contributed by atoms with Crippen LogP contribution in [0.15, 0.2) is 18.2 Å². The van der Waals surface area contributed by atoms with Gasteiger partial charge in [0.25, 0.3) is 0 Å². The number of nitrogens with one attached hydrogen (secondary N) is 1. The number of likely N-dealkylation sites (N-methyl/N-ethyl adjacent to an activating group) is 2. The summed E-state index contributed by atoms with van der Waals surface area (Å²) < 4.78 is 0. The summed E-state index contributed by atoms with van der Waals surface area (Å²) in [6, 6.07) is 7.22. The lowest BCUT2D eigenvalue weighted by atomic mass is 9.85. The van der Waals surface area contributed by atoms with Crippen molar-refractivity contribution in [2.45, 2.75) is 39.2 Å². The molecule has 0 heterocycles. The Balaban J connectivity index is 1.98. The summed E-state index contributed by atoms with van der Waals surface area (Å²) in [5.74, 6) is 0.946. The molecule has 1 fully saturated rings. The van der Waals surface area contributed by atoms with Gasteiger partial charge in [-0.25, -0.2) is 0 Å². The maximum Gasteiger partial charge on any atom is 0.0449 e. The van der Waals surface area contributed by atoms with E-state index in [4.69, 9.17) is 0 Å². The highest BCUT2D eigenvalue weighted by Crippen LogP contribution is 2.27. The lowest BCUT2D eigenvalue weighted by molar-refractivity contribution is 0.193. The largest absolute Gasteiger partial charge is 0.312 e. The fourth-order valence-corrected chi connectivity index (χ4v) is 3.06. The van der Waals surface area contributed by atoms with Crippen LogP contribution in [0.2, 0.25) is 0 Å². The standard InChI is InChI=1S/C17H28N2/c1-13-8-9-16(14(2)10-13)17(18-3)12-19(4)11-15-6-5-7-15/h8-10,15,17-18H,5-7,11-12H2,1-4H3. The average molecular weight is 260 g/mol. The van der Waals surface area contributed by atoms with Crippen LogP contribution < -0.4 is 5.32 Å². The van der Waals surface area contributed by atoms with Crippen molar-refractivity contribution in [1.29, 1.82) is 0 Å². The summed E-state index contributed by atoms with van der Waals surface area (Å²) in [7, 11) is 4.33. The monoisotopic (exact) mass is 260 g/mol. The molecule has 0 amide bonds. The van der Waals surface area contributed by atoms with Crippen molar-refractivity contribution in [2.75, 3.05) is 27.2 Å². The van der Waals surface area contributed by atoms with Crippen molar-refractivity contribution in [2.24, 2.45) is 5.92 Å². The average Bonchev–Trinajstić information content (AvgIpc) is 2.32. The molecule has 1 N–H and O–H groups in total. The maximum absolute atomic E-state index is 3.48. The van der Waals surface area contributed by atoms with Crippen LogP contribution in [0.25, 0.3) is 0 Å². The summed E-state index contributed by atoms with van der Waals surface area (Å²) in [5.41, 5.74) is 4.18. The third kappa shape index (κ3) is 3.80. The number of hydrogen-bond donors (Lipinski definition) is 1. The Kier molecular flexibility index (Phi) is 5.00. The van der Waals surface area contributed by atoms with E-state index in [1.165, 1.54) is 42.5 Å². The van der Waals surface area contributed by atoms with Crippen LogP contribution in [0.1, 0.15) is 42.0 Å². The molecule has 1 saturated carbocycles. The topological polar surface area (TPSA) is 15.3 Å². The van der Waals surface area contributed by atoms with Crippen molar-refractivity contribution in [3.05, 3.63) is 34.9 Å². The predicted molar refractivity (Wildman–Crippen MR) is 82.6 cm³/mol. The lowest BCUT2D eigenvalue weighted by Crippen LogP contribution is -2.36. The van der Waals surface area contributed by atoms with E-state index in [2.05, 4.69) is 56.4 Å². The molecule has 106 valence electrons. The van der Waals surface area contributed by atoms with Gasteiger partial charge in [-0.15, -0.1) is 0 Å². The summed E-state index contributed by atoms with van der Waals surface area (Å²) >= 11 is 0. The van der Waals surface area contributed by atoms with Gasteiger partial charge in [-0.05, 0) is 57.8 Å². The molecule has 19 heavy (non-hydrogen) atoms. The number of aryl methyl sites for hydroxylation is 2. The second-order valence-electron chi connectivity index (χ2n) is 6.22. The van der Waals surface area contributed by atoms with Crippen molar-refractivity contribution < 1.29 is 0 Å². The van der Waals surface area contributed by atoms with E-state index in [0.29, 0.717) is 6.04 Å². The first-order valence-electron chi connectivity index (χ1n) is 7.53. The molecule has 2 heteroatoms. The van der Waals surface area contributed by atoms with Crippen molar-refractivity contribution in [3.63, 3.8) is 0 Å². The van der Waals surface area contributed by atoms with E-state index >= 15 is 0 Å². The third-order valence-corrected chi connectivity index (χ3v) is 4.44. The van der Waals surface area contributed by atoms with Gasteiger partial charge in [0, 0.05) is 19.1 Å². The van der Waals surface area contributed by atoms with Crippen molar-refractivity contribution in [3.8, 4) is 0 Å². The number of benzene rings is 1. The Labute approximate surface area is 118 Å². The zero-order valence-corrected chi connectivity index (χ0v) is 12.9. The molecule has 0 spiro atoms. The van der Waals surface area contributed by atoms with Crippen LogP contribution in [0.3, 0.4) is 0 Å². The molecule has 0 radical (unpaired) electrons. The van der Waals surface area contributed by atoms with E-state index in [-0.39, 0.29) is 0 Å². The molecule has 1 aromatic rings. The summed E-state index contributed by atoms with van der Waals surface area (Å²) in [4.78, 5) is 2.49. The van der Waals surface area contributed by atoms with Gasteiger partial charge in [0.2, 0.25) is 0 Å². The minimum atomic E-state index is 0.436. The first-order valence-corrected chi connectivity index (χ1v) is 7.53. The van der Waals surface area contributed by atoms with Crippen LogP contribution >= 0.6 is 0 Å². The van der Waals surface area contributed by atoms with Crippen molar-refractivity contribution >= 4 is 0 Å². The van der Waals surface area contributed by atoms with Gasteiger partial charge in [0.15, 0.2) is 0 Å². The molecule has 1 aliphatic carbocycles. The highest BCUT2D eigenvalue weighted by Gasteiger charge is 2.21. The molecular weight excluding hydrogens is 232 g/mol. The fourth-order valence-electron chi connectivity index (χ4n) is 3.06. The lowest BCUT2D eigenvalue weighted by Gasteiger charge is -2.32. The number of hydrogen-bond acceptors (Lipinski definition) is 2. The second-order valence-corrected chi connectivity index (χ2v) is 6.22. The van der Waals surface area contributed by atoms with Crippen LogP contribution in [0.4, 0.5) is 0 Å². The Hall–Kier alpha value is -0.860. The first kappa shape index (κ1) is 14.5. The molecule has 2 nitrogen and oxygen atoms in total. The minimum Gasteiger partial charge on any atom is -0.312 e. The third-order valence-electron chi connectivity index (χ3n) is 4.44. The summed E-state index contributed by atoms with van der Waals surface area (Å²) in [6.45, 7) is 6.73. The zero-order chi connectivity index (χ0) is 13.8. The van der Waals surface area contributed by atoms with Gasteiger partial charge >= 0.3 is 0 Å². The van der Waals surface area contributed by atoms with E-state index in [1.54, 1.807) is 0 Å². The zero-order valence-electron chi connectivity index (χ0n) is 12.9. The molecule has 0 saturated heterocycles. The Morgan fingerprint density at radius 3 is 2.58 bits per heavy atom. The molecule has 1 atom stereocenters. The predicted octanol–water partition coefficient (Wildman–Crippen LogP) is 3.30. The molecule has 0 aliphatic heterocycles. The van der Waals surface area contributed by atoms with E-state index < -0.39 is 0 Å². The Morgan fingerprint density at radius 2 is 2.05 bits per heavy atom. The fraction of sp³-hybridized carbons (Fsp3) is 0.647. The van der Waals surface area contributed by atoms with Crippen LogP contribution in [0.5, 0.6) is 0 Å². The van der Waals surface area contributed by atoms with Gasteiger partial charge in [-0.2, -0.15) is 0 Å². The highest BCUT2D eigenvalue weighted by atomic mass is 15.1. The van der Waals surface area contributed by atoms with Gasteiger partial charge in [0.1, 0.15) is 0 Å². The van der Waals surface area contributed by atoms with Gasteiger partial charge in [-0.3, -0.25) is 0 Å². The summed E-state index contributed by atoms with van der Waals surface area (Å²) in [6.07, 6.45) is 4.29. The van der Waals surface area contributed by atoms with Gasteiger partial charge < -0.3 is 10.2 Å². The molecule has 0 bridgehead atoms. The quantitative estimate of drug-likeness (QED) is 0.844. The molecule has 2 rings (SSSR count). The Morgan fingerprint density at radius 1 is 1.32 bits per heavy atom. The summed E-state index contributed by atoms with van der Waals surface area (Å²) in [5, 5.41) is 3.48. The number of nitrogens with zero attached hydrogens (tertiary/aromatic N) is 1. The Bertz CT molecular complexity index is 410. The molecule has 1 aliphatic rings. The van der Waals surface area contributed by atoms with E-state index in [1.807, 2.05) is 0 Å². The SMILES string of the molecule is CNC(CN(C)CC1CCC1)c1ccc(C)cc1C. The maximum atomic E-state index is 3.48. The second kappa shape index (κ2) is 6.53. The highest BCUT2D eigenvalue weighted by molar-refractivity contribution is 5.33. The van der Waals surface area contributed by atoms with Crippen molar-refractivity contribution in [1.82, 2.24) is 10.2 Å².